The van der Waals surface area contributed by atoms with Crippen molar-refractivity contribution in [3.05, 3.63) is 59.7 Å². The van der Waals surface area contributed by atoms with E-state index in [-0.39, 0.29) is 0 Å². The van der Waals surface area contributed by atoms with Crippen molar-refractivity contribution in [2.75, 3.05) is 26.2 Å². The minimum atomic E-state index is -3.50. The van der Waals surface area contributed by atoms with Gasteiger partial charge in [-0.3, -0.25) is 4.90 Å². The monoisotopic (exact) mass is 416 g/mol. The molecule has 158 valence electrons. The van der Waals surface area contributed by atoms with E-state index in [1.54, 1.807) is 18.2 Å². The van der Waals surface area contributed by atoms with Gasteiger partial charge in [-0.25, -0.2) is 13.1 Å². The molecule has 0 amide bonds. The lowest BCUT2D eigenvalue weighted by Gasteiger charge is -2.32. The summed E-state index contributed by atoms with van der Waals surface area (Å²) in [6.45, 7) is 8.03. The topological polar surface area (TPSA) is 58.6 Å². The molecule has 0 bridgehead atoms. The van der Waals surface area contributed by atoms with E-state index in [1.807, 2.05) is 19.9 Å². The van der Waals surface area contributed by atoms with Crippen molar-refractivity contribution in [3.63, 3.8) is 0 Å². The highest BCUT2D eigenvalue weighted by molar-refractivity contribution is 7.89. The van der Waals surface area contributed by atoms with Crippen molar-refractivity contribution in [2.45, 2.75) is 44.6 Å². The third-order valence-corrected chi connectivity index (χ3v) is 6.86. The van der Waals surface area contributed by atoms with Crippen LogP contribution in [0, 0.1) is 12.8 Å². The van der Waals surface area contributed by atoms with Gasteiger partial charge in [0.2, 0.25) is 10.0 Å². The summed E-state index contributed by atoms with van der Waals surface area (Å²) < 4.78 is 33.8. The number of benzene rings is 2. The second-order valence-corrected chi connectivity index (χ2v) is 9.60. The van der Waals surface area contributed by atoms with Gasteiger partial charge >= 0.3 is 0 Å². The average Bonchev–Trinajstić information content (AvgIpc) is 2.73. The van der Waals surface area contributed by atoms with E-state index in [2.05, 4.69) is 33.9 Å². The van der Waals surface area contributed by atoms with Crippen LogP contribution in [0.2, 0.25) is 0 Å². The predicted molar refractivity (Wildman–Crippen MR) is 117 cm³/mol. The summed E-state index contributed by atoms with van der Waals surface area (Å²) in [5.41, 5.74) is 2.17. The highest BCUT2D eigenvalue weighted by atomic mass is 32.2. The van der Waals surface area contributed by atoms with Crippen LogP contribution in [0.5, 0.6) is 5.75 Å². The molecule has 0 aromatic heterocycles. The smallest absolute Gasteiger partial charge is 0.240 e. The molecule has 0 radical (unpaired) electrons. The van der Waals surface area contributed by atoms with Crippen LogP contribution in [0.25, 0.3) is 0 Å². The molecule has 29 heavy (non-hydrogen) atoms. The largest absolute Gasteiger partial charge is 0.493 e. The Hall–Kier alpha value is -1.89. The van der Waals surface area contributed by atoms with Gasteiger partial charge < -0.3 is 4.74 Å². The normalized spacial score (nSPS) is 16.1. The van der Waals surface area contributed by atoms with E-state index in [9.17, 15) is 8.42 Å². The van der Waals surface area contributed by atoms with E-state index < -0.39 is 10.0 Å². The van der Waals surface area contributed by atoms with Gasteiger partial charge in [-0.15, -0.1) is 0 Å². The molecule has 1 N–H and O–H groups in total. The van der Waals surface area contributed by atoms with Crippen LogP contribution in [0.15, 0.2) is 53.4 Å². The first kappa shape index (κ1) is 21.8. The lowest BCUT2D eigenvalue weighted by atomic mass is 9.97. The predicted octanol–water partition coefficient (Wildman–Crippen LogP) is 3.97. The Balaban J connectivity index is 1.49. The lowest BCUT2D eigenvalue weighted by molar-refractivity contribution is 0.178. The number of likely N-dealkylation sites (tertiary alicyclic amines) is 1. The zero-order valence-electron chi connectivity index (χ0n) is 17.4. The quantitative estimate of drug-likeness (QED) is 0.672. The SMILES string of the molecule is CCCOc1ccc(S(=O)(=O)NCC2CCN(Cc3ccccc3)CC2)cc1C. The summed E-state index contributed by atoms with van der Waals surface area (Å²) in [5.74, 6) is 1.13. The summed E-state index contributed by atoms with van der Waals surface area (Å²) in [6.07, 6.45) is 2.95. The van der Waals surface area contributed by atoms with Crippen molar-refractivity contribution >= 4 is 10.0 Å². The number of nitrogens with one attached hydrogen (secondary N) is 1. The van der Waals surface area contributed by atoms with E-state index in [4.69, 9.17) is 4.74 Å². The summed E-state index contributed by atoms with van der Waals surface area (Å²) >= 11 is 0. The van der Waals surface area contributed by atoms with Crippen LogP contribution in [-0.2, 0) is 16.6 Å². The van der Waals surface area contributed by atoms with Gasteiger partial charge in [0, 0.05) is 13.1 Å². The molecular weight excluding hydrogens is 384 g/mol. The van der Waals surface area contributed by atoms with E-state index in [1.165, 1.54) is 5.56 Å². The zero-order valence-corrected chi connectivity index (χ0v) is 18.2. The molecule has 0 unspecified atom stereocenters. The fourth-order valence-electron chi connectivity index (χ4n) is 3.66. The maximum atomic E-state index is 12.7. The summed E-state index contributed by atoms with van der Waals surface area (Å²) in [4.78, 5) is 2.75. The fourth-order valence-corrected chi connectivity index (χ4v) is 4.87. The maximum Gasteiger partial charge on any atom is 0.240 e. The molecular formula is C23H32N2O3S. The van der Waals surface area contributed by atoms with Crippen molar-refractivity contribution in [1.82, 2.24) is 9.62 Å². The number of piperidine rings is 1. The minimum absolute atomic E-state index is 0.306. The molecule has 5 nitrogen and oxygen atoms in total. The van der Waals surface area contributed by atoms with Crippen LogP contribution in [0.3, 0.4) is 0 Å². The fraction of sp³-hybridized carbons (Fsp3) is 0.478. The molecule has 0 atom stereocenters. The number of aryl methyl sites for hydroxylation is 1. The summed E-state index contributed by atoms with van der Waals surface area (Å²) in [5, 5.41) is 0. The van der Waals surface area contributed by atoms with Gasteiger partial charge in [0.05, 0.1) is 11.5 Å². The average molecular weight is 417 g/mol. The van der Waals surface area contributed by atoms with Gasteiger partial charge in [-0.2, -0.15) is 0 Å². The highest BCUT2D eigenvalue weighted by Gasteiger charge is 2.22. The summed E-state index contributed by atoms with van der Waals surface area (Å²) in [7, 11) is -3.50. The first-order valence-corrected chi connectivity index (χ1v) is 12.0. The minimum Gasteiger partial charge on any atom is -0.493 e. The Labute approximate surface area is 175 Å². The summed E-state index contributed by atoms with van der Waals surface area (Å²) in [6, 6.07) is 15.6. The third-order valence-electron chi connectivity index (χ3n) is 5.44. The molecule has 0 saturated carbocycles. The zero-order chi connectivity index (χ0) is 20.7. The van der Waals surface area contributed by atoms with Gasteiger partial charge in [0.1, 0.15) is 5.75 Å². The van der Waals surface area contributed by atoms with Crippen molar-refractivity contribution in [1.29, 1.82) is 0 Å². The Morgan fingerprint density at radius 3 is 2.48 bits per heavy atom. The van der Waals surface area contributed by atoms with E-state index in [0.717, 1.165) is 50.2 Å². The molecule has 1 saturated heterocycles. The Kier molecular flexibility index (Phi) is 7.70. The first-order valence-electron chi connectivity index (χ1n) is 10.5. The lowest BCUT2D eigenvalue weighted by Crippen LogP contribution is -2.38. The Bertz CT molecular complexity index is 876. The molecule has 1 heterocycles. The number of sulfonamides is 1. The van der Waals surface area contributed by atoms with Crippen LogP contribution in [-0.4, -0.2) is 39.6 Å². The molecule has 6 heteroatoms. The van der Waals surface area contributed by atoms with Gasteiger partial charge in [0.25, 0.3) is 0 Å². The second kappa shape index (κ2) is 10.2. The van der Waals surface area contributed by atoms with Crippen molar-refractivity contribution in [2.24, 2.45) is 5.92 Å². The standard InChI is InChI=1S/C23H32N2O3S/c1-3-15-28-23-10-9-22(16-19(23)2)29(26,27)24-17-20-11-13-25(14-12-20)18-21-7-5-4-6-8-21/h4-10,16,20,24H,3,11-15,17-18H2,1-2H3. The second-order valence-electron chi connectivity index (χ2n) is 7.83. The molecule has 0 spiro atoms. The number of ether oxygens (including phenoxy) is 1. The Morgan fingerprint density at radius 2 is 1.83 bits per heavy atom. The maximum absolute atomic E-state index is 12.7. The van der Waals surface area contributed by atoms with Gasteiger partial charge in [-0.1, -0.05) is 37.3 Å². The van der Waals surface area contributed by atoms with Crippen molar-refractivity contribution in [3.8, 4) is 5.75 Å². The molecule has 0 aliphatic carbocycles. The molecule has 2 aromatic carbocycles. The highest BCUT2D eigenvalue weighted by Crippen LogP contribution is 2.23. The molecule has 3 rings (SSSR count). The van der Waals surface area contributed by atoms with Gasteiger partial charge in [0.15, 0.2) is 0 Å². The third kappa shape index (κ3) is 6.29. The first-order chi connectivity index (χ1) is 14.0. The Morgan fingerprint density at radius 1 is 1.10 bits per heavy atom. The van der Waals surface area contributed by atoms with E-state index >= 15 is 0 Å². The van der Waals surface area contributed by atoms with Gasteiger partial charge in [-0.05, 0) is 74.5 Å². The number of nitrogens with zero attached hydrogens (tertiary/aromatic N) is 1. The number of hydrogen-bond donors (Lipinski definition) is 1. The molecule has 1 aliphatic heterocycles. The van der Waals surface area contributed by atoms with E-state index in [0.29, 0.717) is 24.0 Å². The van der Waals surface area contributed by atoms with Crippen LogP contribution in [0.4, 0.5) is 0 Å². The molecule has 2 aromatic rings. The van der Waals surface area contributed by atoms with Crippen LogP contribution >= 0.6 is 0 Å². The molecule has 1 fully saturated rings. The van der Waals surface area contributed by atoms with Crippen LogP contribution in [0.1, 0.15) is 37.3 Å². The molecule has 1 aliphatic rings. The number of rotatable bonds is 9. The number of hydrogen-bond acceptors (Lipinski definition) is 4. The van der Waals surface area contributed by atoms with Crippen molar-refractivity contribution < 1.29 is 13.2 Å². The van der Waals surface area contributed by atoms with Crippen LogP contribution < -0.4 is 9.46 Å².